The predicted octanol–water partition coefficient (Wildman–Crippen LogP) is 3.04. The maximum atomic E-state index is 4.11. The van der Waals surface area contributed by atoms with E-state index in [1.807, 2.05) is 11.7 Å². The number of thiol groups is 1. The van der Waals surface area contributed by atoms with E-state index in [0.717, 1.165) is 0 Å². The number of aliphatic imine (C=N–C) groups is 1. The van der Waals surface area contributed by atoms with Gasteiger partial charge in [0, 0.05) is 22.6 Å². The summed E-state index contributed by atoms with van der Waals surface area (Å²) in [7, 11) is -0.315. The molecule has 3 heteroatoms. The number of rotatable bonds is 1. The molecule has 0 saturated carbocycles. The molecule has 3 rings (SSSR count). The summed E-state index contributed by atoms with van der Waals surface area (Å²) in [6.07, 6.45) is 1.87. The van der Waals surface area contributed by atoms with Crippen LogP contribution < -0.4 is 0 Å². The average molecular weight is 202 g/mol. The van der Waals surface area contributed by atoms with Crippen molar-refractivity contribution in [1.82, 2.24) is 4.98 Å². The lowest BCUT2D eigenvalue weighted by Gasteiger charge is -2.03. The summed E-state index contributed by atoms with van der Waals surface area (Å²) < 4.78 is 0. The van der Waals surface area contributed by atoms with E-state index >= 15 is 0 Å². The molecule has 1 aromatic carbocycles. The molecule has 1 aromatic heterocycles. The minimum atomic E-state index is -0.315. The quantitative estimate of drug-likeness (QED) is 0.665. The van der Waals surface area contributed by atoms with Crippen molar-refractivity contribution in [2.24, 2.45) is 4.99 Å². The third-order valence-corrected chi connectivity index (χ3v) is 3.93. The van der Waals surface area contributed by atoms with Crippen molar-refractivity contribution in [1.29, 1.82) is 0 Å². The minimum absolute atomic E-state index is 0.315. The second kappa shape index (κ2) is 3.03. The molecule has 70 valence electrons. The van der Waals surface area contributed by atoms with Gasteiger partial charge in [0.25, 0.3) is 0 Å². The average Bonchev–Trinajstić information content (AvgIpc) is 2.86. The van der Waals surface area contributed by atoms with Gasteiger partial charge in [-0.3, -0.25) is 4.99 Å². The molecule has 1 N–H and O–H groups in total. The minimum Gasteiger partial charge on any atom is -0.351 e. The fourth-order valence-electron chi connectivity index (χ4n) is 1.60. The van der Waals surface area contributed by atoms with Gasteiger partial charge >= 0.3 is 0 Å². The Morgan fingerprint density at radius 1 is 1.21 bits per heavy atom. The Morgan fingerprint density at radius 2 is 2.14 bits per heavy atom. The highest BCUT2D eigenvalue weighted by molar-refractivity contribution is 8.31. The van der Waals surface area contributed by atoms with Crippen LogP contribution in [0.4, 0.5) is 0 Å². The summed E-state index contributed by atoms with van der Waals surface area (Å²) in [5.74, 6) is 0. The van der Waals surface area contributed by atoms with E-state index in [-0.39, 0.29) is 10.9 Å². The first-order valence-electron chi connectivity index (χ1n) is 4.49. The molecule has 2 nitrogen and oxygen atoms in total. The third kappa shape index (κ3) is 1.17. The van der Waals surface area contributed by atoms with Gasteiger partial charge in [-0.15, -0.1) is 0 Å². The molecule has 0 amide bonds. The predicted molar refractivity (Wildman–Crippen MR) is 63.2 cm³/mol. The van der Waals surface area contributed by atoms with Crippen molar-refractivity contribution in [3.63, 3.8) is 0 Å². The van der Waals surface area contributed by atoms with Crippen LogP contribution in [0.1, 0.15) is 0 Å². The number of fused-ring (bicyclic) bond motifs is 1. The second-order valence-corrected chi connectivity index (χ2v) is 5.04. The van der Waals surface area contributed by atoms with Crippen LogP contribution in [-0.4, -0.2) is 10.5 Å². The number of nitrogens with one attached hydrogen (secondary N) is 1. The van der Waals surface area contributed by atoms with Crippen molar-refractivity contribution < 1.29 is 0 Å². The molecule has 0 radical (unpaired) electrons. The van der Waals surface area contributed by atoms with Crippen molar-refractivity contribution in [2.45, 2.75) is 5.03 Å². The van der Waals surface area contributed by atoms with Crippen LogP contribution in [-0.2, 0) is 0 Å². The number of benzene rings is 1. The van der Waals surface area contributed by atoms with Crippen LogP contribution in [0.25, 0.3) is 10.9 Å². The van der Waals surface area contributed by atoms with Crippen LogP contribution in [0.2, 0.25) is 0 Å². The summed E-state index contributed by atoms with van der Waals surface area (Å²) in [6, 6.07) is 10.6. The third-order valence-electron chi connectivity index (χ3n) is 2.30. The molecule has 0 spiro atoms. The molecule has 14 heavy (non-hydrogen) atoms. The van der Waals surface area contributed by atoms with Crippen molar-refractivity contribution in [2.75, 3.05) is 0 Å². The molecule has 1 aliphatic rings. The van der Waals surface area contributed by atoms with Crippen molar-refractivity contribution in [3.8, 4) is 0 Å². The summed E-state index contributed by atoms with van der Waals surface area (Å²) in [4.78, 5) is 7.54. The maximum absolute atomic E-state index is 4.11. The smallest absolute Gasteiger partial charge is 0.0617 e. The van der Waals surface area contributed by atoms with Crippen molar-refractivity contribution >= 4 is 27.3 Å². The highest BCUT2D eigenvalue weighted by Crippen LogP contribution is 2.38. The topological polar surface area (TPSA) is 28.1 Å². The van der Waals surface area contributed by atoms with Crippen LogP contribution in [0.3, 0.4) is 0 Å². The first-order chi connectivity index (χ1) is 6.93. The van der Waals surface area contributed by atoms with Crippen molar-refractivity contribution in [3.05, 3.63) is 41.9 Å². The summed E-state index contributed by atoms with van der Waals surface area (Å²) in [5.41, 5.74) is 3.22. The molecular weight excluding hydrogens is 192 g/mol. The lowest BCUT2D eigenvalue weighted by atomic mass is 10.3. The van der Waals surface area contributed by atoms with Gasteiger partial charge in [-0.2, -0.15) is 10.9 Å². The Morgan fingerprint density at radius 3 is 2.93 bits per heavy atom. The molecular formula is C11H10N2S. The highest BCUT2D eigenvalue weighted by Gasteiger charge is 2.06. The van der Waals surface area contributed by atoms with Crippen LogP contribution >= 0.6 is 10.9 Å². The van der Waals surface area contributed by atoms with E-state index in [4.69, 9.17) is 0 Å². The second-order valence-electron chi connectivity index (χ2n) is 3.21. The molecule has 1 atom stereocenters. The first-order valence-corrected chi connectivity index (χ1v) is 5.97. The number of nitrogens with zero attached hydrogens (tertiary/aromatic N) is 1. The Balaban J connectivity index is 2.14. The van der Waals surface area contributed by atoms with Gasteiger partial charge in [-0.1, -0.05) is 18.2 Å². The summed E-state index contributed by atoms with van der Waals surface area (Å²) in [6.45, 7) is 0. The van der Waals surface area contributed by atoms with Gasteiger partial charge in [0.2, 0.25) is 0 Å². The van der Waals surface area contributed by atoms with E-state index in [0.29, 0.717) is 0 Å². The van der Waals surface area contributed by atoms with E-state index in [2.05, 4.69) is 45.7 Å². The van der Waals surface area contributed by atoms with Gasteiger partial charge in [-0.25, -0.2) is 0 Å². The van der Waals surface area contributed by atoms with Gasteiger partial charge in [-0.05, 0) is 17.5 Å². The monoisotopic (exact) mass is 202 g/mol. The number of para-hydroxylation sites is 1. The lowest BCUT2D eigenvalue weighted by molar-refractivity contribution is 1.24. The van der Waals surface area contributed by atoms with Gasteiger partial charge in [0.05, 0.1) is 5.03 Å². The van der Waals surface area contributed by atoms with E-state index in [1.165, 1.54) is 15.9 Å². The highest BCUT2D eigenvalue weighted by atomic mass is 32.2. The number of H-pyrrole nitrogens is 1. The zero-order chi connectivity index (χ0) is 9.38. The molecule has 1 aliphatic heterocycles. The van der Waals surface area contributed by atoms with Crippen LogP contribution in [0, 0.1) is 0 Å². The fraction of sp³-hybridized carbons (Fsp3) is 0. The van der Waals surface area contributed by atoms with Crippen LogP contribution in [0.15, 0.2) is 52.0 Å². The zero-order valence-corrected chi connectivity index (χ0v) is 8.41. The van der Waals surface area contributed by atoms with Gasteiger partial charge < -0.3 is 4.98 Å². The number of aromatic amines is 1. The molecule has 0 aliphatic carbocycles. The fourth-order valence-corrected chi connectivity index (χ4v) is 2.94. The Hall–Kier alpha value is -1.48. The zero-order valence-electron chi connectivity index (χ0n) is 7.51. The largest absolute Gasteiger partial charge is 0.351 e. The normalized spacial score (nSPS) is 22.1. The molecule has 0 saturated heterocycles. The Labute approximate surface area is 84.7 Å². The molecule has 0 bridgehead atoms. The Kier molecular flexibility index (Phi) is 1.70. The number of hydrogen-bond acceptors (Lipinski definition) is 1. The molecule has 0 fully saturated rings. The number of hydrogen-bond donors (Lipinski definition) is 2. The maximum Gasteiger partial charge on any atom is 0.0617 e. The first kappa shape index (κ1) is 7.88. The van der Waals surface area contributed by atoms with Gasteiger partial charge in [0.1, 0.15) is 0 Å². The van der Waals surface area contributed by atoms with E-state index in [1.54, 1.807) is 0 Å². The SMILES string of the molecule is C1=C[SH](c2cc3ccccc3[nH]2)C=N1. The molecule has 2 heterocycles. The van der Waals surface area contributed by atoms with E-state index in [9.17, 15) is 0 Å². The van der Waals surface area contributed by atoms with Gasteiger partial charge in [0.15, 0.2) is 0 Å². The number of aromatic nitrogens is 1. The van der Waals surface area contributed by atoms with E-state index < -0.39 is 0 Å². The standard InChI is InChI=1S/C11H10N2S/c1-2-4-10-9(3-1)7-11(13-10)14-6-5-12-8-14/h1-8,13-14H. The Bertz CT molecular complexity index is 480. The summed E-state index contributed by atoms with van der Waals surface area (Å²) >= 11 is 0. The lowest BCUT2D eigenvalue weighted by Crippen LogP contribution is -1.76. The van der Waals surface area contributed by atoms with Crippen LogP contribution in [0.5, 0.6) is 0 Å². The molecule has 1 unspecified atom stereocenters. The summed E-state index contributed by atoms with van der Waals surface area (Å²) in [5, 5.41) is 4.71. The molecule has 2 aromatic rings.